The van der Waals surface area contributed by atoms with Gasteiger partial charge in [0.2, 0.25) is 5.91 Å². The van der Waals surface area contributed by atoms with Crippen LogP contribution in [0.4, 0.5) is 0 Å². The number of piperidine rings is 1. The number of rotatable bonds is 5. The summed E-state index contributed by atoms with van der Waals surface area (Å²) in [7, 11) is 0. The molecule has 1 fully saturated rings. The summed E-state index contributed by atoms with van der Waals surface area (Å²) >= 11 is 0. The van der Waals surface area contributed by atoms with E-state index in [2.05, 4.69) is 39.4 Å². The van der Waals surface area contributed by atoms with Crippen LogP contribution in [0, 0.1) is 0 Å². The molecule has 2 aromatic rings. The molecular formula is C18H26N4O. The van der Waals surface area contributed by atoms with Gasteiger partial charge < -0.3 is 10.3 Å². The Hall–Kier alpha value is -1.88. The number of likely N-dealkylation sites (tertiary alicyclic amines) is 1. The number of hydrogen-bond acceptors (Lipinski definition) is 3. The molecule has 2 aromatic heterocycles. The highest BCUT2D eigenvalue weighted by Crippen LogP contribution is 2.32. The Morgan fingerprint density at radius 1 is 1.48 bits per heavy atom. The number of nitrogens with zero attached hydrogens (tertiary/aromatic N) is 2. The molecule has 0 bridgehead atoms. The van der Waals surface area contributed by atoms with Crippen molar-refractivity contribution in [2.24, 2.45) is 0 Å². The van der Waals surface area contributed by atoms with Crippen molar-refractivity contribution in [3.05, 3.63) is 30.1 Å². The van der Waals surface area contributed by atoms with Crippen molar-refractivity contribution in [3.63, 3.8) is 0 Å². The third kappa shape index (κ3) is 3.39. The standard InChI is InChI=1S/C18H26N4O/c1-3-8-20-18(23)13(2)22-10-6-14(7-11-22)16-12-21-17-15(16)5-4-9-19-17/h4-5,9,12-14H,3,6-8,10-11H2,1-2H3,(H,19,21)(H,20,23). The van der Waals surface area contributed by atoms with Gasteiger partial charge in [-0.2, -0.15) is 0 Å². The van der Waals surface area contributed by atoms with Crippen molar-refractivity contribution in [1.82, 2.24) is 20.2 Å². The quantitative estimate of drug-likeness (QED) is 0.892. The van der Waals surface area contributed by atoms with Crippen LogP contribution in [0.2, 0.25) is 0 Å². The highest BCUT2D eigenvalue weighted by molar-refractivity contribution is 5.81. The van der Waals surface area contributed by atoms with Crippen LogP contribution in [0.15, 0.2) is 24.5 Å². The Kier molecular flexibility index (Phi) is 4.96. The third-order valence-electron chi connectivity index (χ3n) is 4.93. The zero-order valence-corrected chi connectivity index (χ0v) is 14.0. The molecule has 0 aliphatic carbocycles. The second-order valence-corrected chi connectivity index (χ2v) is 6.42. The first-order chi connectivity index (χ1) is 11.2. The summed E-state index contributed by atoms with van der Waals surface area (Å²) in [5.41, 5.74) is 2.34. The van der Waals surface area contributed by atoms with Crippen LogP contribution in [0.25, 0.3) is 11.0 Å². The third-order valence-corrected chi connectivity index (χ3v) is 4.93. The Balaban J connectivity index is 1.61. The molecule has 1 saturated heterocycles. The monoisotopic (exact) mass is 314 g/mol. The van der Waals surface area contributed by atoms with Crippen LogP contribution >= 0.6 is 0 Å². The van der Waals surface area contributed by atoms with E-state index >= 15 is 0 Å². The predicted octanol–water partition coefficient (Wildman–Crippen LogP) is 2.66. The van der Waals surface area contributed by atoms with Gasteiger partial charge in [-0.25, -0.2) is 4.98 Å². The largest absolute Gasteiger partial charge is 0.355 e. The van der Waals surface area contributed by atoms with Crippen LogP contribution < -0.4 is 5.32 Å². The van der Waals surface area contributed by atoms with Crippen LogP contribution in [0.1, 0.15) is 44.6 Å². The molecule has 5 heteroatoms. The highest BCUT2D eigenvalue weighted by atomic mass is 16.2. The van der Waals surface area contributed by atoms with Crippen molar-refractivity contribution >= 4 is 16.9 Å². The minimum Gasteiger partial charge on any atom is -0.355 e. The molecule has 23 heavy (non-hydrogen) atoms. The lowest BCUT2D eigenvalue weighted by Crippen LogP contribution is -2.48. The van der Waals surface area contributed by atoms with Gasteiger partial charge in [0.1, 0.15) is 5.65 Å². The van der Waals surface area contributed by atoms with E-state index in [9.17, 15) is 4.79 Å². The maximum Gasteiger partial charge on any atom is 0.237 e. The van der Waals surface area contributed by atoms with Crippen LogP contribution in [0.3, 0.4) is 0 Å². The first kappa shape index (κ1) is 16.0. The van der Waals surface area contributed by atoms with Gasteiger partial charge in [-0.1, -0.05) is 6.92 Å². The number of aromatic nitrogens is 2. The average molecular weight is 314 g/mol. The van der Waals surface area contributed by atoms with E-state index in [1.165, 1.54) is 10.9 Å². The lowest BCUT2D eigenvalue weighted by atomic mass is 9.89. The topological polar surface area (TPSA) is 61.0 Å². The fourth-order valence-electron chi connectivity index (χ4n) is 3.47. The van der Waals surface area contributed by atoms with Crippen LogP contribution in [-0.4, -0.2) is 46.5 Å². The molecule has 3 rings (SSSR count). The number of hydrogen-bond donors (Lipinski definition) is 2. The molecule has 0 radical (unpaired) electrons. The highest BCUT2D eigenvalue weighted by Gasteiger charge is 2.28. The summed E-state index contributed by atoms with van der Waals surface area (Å²) in [4.78, 5) is 22.1. The fourth-order valence-corrected chi connectivity index (χ4v) is 3.47. The Morgan fingerprint density at radius 3 is 3.00 bits per heavy atom. The first-order valence-electron chi connectivity index (χ1n) is 8.64. The van der Waals surface area contributed by atoms with Crippen molar-refractivity contribution in [3.8, 4) is 0 Å². The fraction of sp³-hybridized carbons (Fsp3) is 0.556. The molecule has 2 N–H and O–H groups in total. The summed E-state index contributed by atoms with van der Waals surface area (Å²) in [6.07, 6.45) is 7.09. The van der Waals surface area contributed by atoms with E-state index in [0.717, 1.165) is 44.5 Å². The molecule has 0 saturated carbocycles. The molecule has 1 aliphatic heterocycles. The molecule has 1 aliphatic rings. The number of carbonyl (C=O) groups is 1. The van der Waals surface area contributed by atoms with Crippen molar-refractivity contribution in [2.75, 3.05) is 19.6 Å². The SMILES string of the molecule is CCCNC(=O)C(C)N1CCC(c2c[nH]c3ncccc23)CC1. The number of amides is 1. The minimum atomic E-state index is -0.0351. The van der Waals surface area contributed by atoms with Gasteiger partial charge in [-0.15, -0.1) is 0 Å². The maximum atomic E-state index is 12.1. The molecule has 0 spiro atoms. The van der Waals surface area contributed by atoms with Gasteiger partial charge in [0.25, 0.3) is 0 Å². The maximum absolute atomic E-state index is 12.1. The Labute approximate surface area is 137 Å². The number of fused-ring (bicyclic) bond motifs is 1. The van der Waals surface area contributed by atoms with E-state index in [0.29, 0.717) is 5.92 Å². The summed E-state index contributed by atoms with van der Waals surface area (Å²) in [5.74, 6) is 0.705. The molecular weight excluding hydrogens is 288 g/mol. The summed E-state index contributed by atoms with van der Waals surface area (Å²) < 4.78 is 0. The van der Waals surface area contributed by atoms with Crippen molar-refractivity contribution in [2.45, 2.75) is 45.1 Å². The summed E-state index contributed by atoms with van der Waals surface area (Å²) in [5, 5.41) is 4.23. The second kappa shape index (κ2) is 7.13. The van der Waals surface area contributed by atoms with E-state index in [4.69, 9.17) is 0 Å². The second-order valence-electron chi connectivity index (χ2n) is 6.42. The zero-order chi connectivity index (χ0) is 16.2. The average Bonchev–Trinajstić information content (AvgIpc) is 3.03. The number of nitrogens with one attached hydrogen (secondary N) is 2. The van der Waals surface area contributed by atoms with E-state index in [1.54, 1.807) is 0 Å². The number of H-pyrrole nitrogens is 1. The van der Waals surface area contributed by atoms with E-state index in [1.807, 2.05) is 19.2 Å². The molecule has 1 amide bonds. The minimum absolute atomic E-state index is 0.0351. The number of aromatic amines is 1. The van der Waals surface area contributed by atoms with Gasteiger partial charge >= 0.3 is 0 Å². The normalized spacial score (nSPS) is 18.2. The first-order valence-corrected chi connectivity index (χ1v) is 8.64. The summed E-state index contributed by atoms with van der Waals surface area (Å²) in [6, 6.07) is 4.10. The zero-order valence-electron chi connectivity index (χ0n) is 14.0. The Bertz CT molecular complexity index is 658. The van der Waals surface area contributed by atoms with Crippen LogP contribution in [-0.2, 0) is 4.79 Å². The number of carbonyl (C=O) groups excluding carboxylic acids is 1. The van der Waals surface area contributed by atoms with Gasteiger partial charge in [0.05, 0.1) is 6.04 Å². The predicted molar refractivity (Wildman–Crippen MR) is 92.4 cm³/mol. The van der Waals surface area contributed by atoms with E-state index < -0.39 is 0 Å². The number of pyridine rings is 1. The smallest absolute Gasteiger partial charge is 0.237 e. The molecule has 3 heterocycles. The lowest BCUT2D eigenvalue weighted by molar-refractivity contribution is -0.126. The Morgan fingerprint density at radius 2 is 2.26 bits per heavy atom. The van der Waals surface area contributed by atoms with Crippen LogP contribution in [0.5, 0.6) is 0 Å². The van der Waals surface area contributed by atoms with Gasteiger partial charge in [-0.3, -0.25) is 9.69 Å². The molecule has 5 nitrogen and oxygen atoms in total. The van der Waals surface area contributed by atoms with Crippen molar-refractivity contribution < 1.29 is 4.79 Å². The van der Waals surface area contributed by atoms with Gasteiger partial charge in [0.15, 0.2) is 0 Å². The molecule has 1 unspecified atom stereocenters. The summed E-state index contributed by atoms with van der Waals surface area (Å²) in [6.45, 7) is 6.80. The molecule has 124 valence electrons. The molecule has 1 atom stereocenters. The van der Waals surface area contributed by atoms with Gasteiger partial charge in [0, 0.05) is 24.3 Å². The van der Waals surface area contributed by atoms with E-state index in [-0.39, 0.29) is 11.9 Å². The molecule has 0 aromatic carbocycles. The lowest BCUT2D eigenvalue weighted by Gasteiger charge is -2.35. The van der Waals surface area contributed by atoms with Crippen molar-refractivity contribution in [1.29, 1.82) is 0 Å². The van der Waals surface area contributed by atoms with Gasteiger partial charge in [-0.05, 0) is 62.9 Å².